The summed E-state index contributed by atoms with van der Waals surface area (Å²) in [5.74, 6) is -0.0308. The number of hydrogen-bond acceptors (Lipinski definition) is 1. The molecule has 3 nitrogen and oxygen atoms in total. The molecule has 1 amide bonds. The Morgan fingerprint density at radius 3 is 2.41 bits per heavy atom. The molecule has 1 aromatic heterocycles. The minimum atomic E-state index is -0.0308. The van der Waals surface area contributed by atoms with Crippen LogP contribution in [0.5, 0.6) is 0 Å². The van der Waals surface area contributed by atoms with Crippen molar-refractivity contribution in [3.05, 3.63) is 70.9 Å². The van der Waals surface area contributed by atoms with Gasteiger partial charge in [0.05, 0.1) is 0 Å². The number of aromatic nitrogens is 1. The van der Waals surface area contributed by atoms with Crippen molar-refractivity contribution in [1.82, 2.24) is 9.88 Å². The lowest BCUT2D eigenvalue weighted by Gasteiger charge is -2.08. The van der Waals surface area contributed by atoms with E-state index < -0.39 is 0 Å². The molecule has 0 fully saturated rings. The Labute approximate surface area is 130 Å². The molecule has 22 heavy (non-hydrogen) atoms. The van der Waals surface area contributed by atoms with Crippen molar-refractivity contribution in [3.63, 3.8) is 0 Å². The van der Waals surface area contributed by atoms with E-state index in [4.69, 9.17) is 0 Å². The topological polar surface area (TPSA) is 34.0 Å². The van der Waals surface area contributed by atoms with Crippen molar-refractivity contribution in [3.8, 4) is 0 Å². The molecule has 1 N–H and O–H groups in total. The van der Waals surface area contributed by atoms with Crippen molar-refractivity contribution in [2.75, 3.05) is 0 Å². The number of para-hydroxylation sites is 1. The fourth-order valence-electron chi connectivity index (χ4n) is 2.88. The molecule has 0 saturated carbocycles. The van der Waals surface area contributed by atoms with Crippen LogP contribution in [0.25, 0.3) is 10.9 Å². The van der Waals surface area contributed by atoms with Crippen LogP contribution < -0.4 is 5.32 Å². The zero-order valence-electron chi connectivity index (χ0n) is 13.2. The number of carbonyl (C=O) groups excluding carboxylic acids is 1. The van der Waals surface area contributed by atoms with Crippen LogP contribution in [-0.2, 0) is 13.6 Å². The van der Waals surface area contributed by atoms with Crippen molar-refractivity contribution in [2.24, 2.45) is 7.05 Å². The van der Waals surface area contributed by atoms with Gasteiger partial charge in [0.15, 0.2) is 0 Å². The fraction of sp³-hybridized carbons (Fsp3) is 0.211. The molecule has 0 bridgehead atoms. The van der Waals surface area contributed by atoms with E-state index in [1.54, 1.807) is 0 Å². The van der Waals surface area contributed by atoms with Crippen molar-refractivity contribution < 1.29 is 4.79 Å². The average Bonchev–Trinajstić information content (AvgIpc) is 2.79. The molecular formula is C19H20N2O. The monoisotopic (exact) mass is 292 g/mol. The summed E-state index contributed by atoms with van der Waals surface area (Å²) >= 11 is 0. The SMILES string of the molecule is Cc1ccc(CNC(=O)c2c(C)c3ccccc3n2C)cc1. The largest absolute Gasteiger partial charge is 0.347 e. The molecule has 0 saturated heterocycles. The number of carbonyl (C=O) groups is 1. The summed E-state index contributed by atoms with van der Waals surface area (Å²) in [5.41, 5.74) is 5.17. The highest BCUT2D eigenvalue weighted by atomic mass is 16.1. The predicted octanol–water partition coefficient (Wildman–Crippen LogP) is 3.73. The van der Waals surface area contributed by atoms with Gasteiger partial charge in [-0.25, -0.2) is 0 Å². The van der Waals surface area contributed by atoms with Gasteiger partial charge in [-0.1, -0.05) is 48.0 Å². The normalized spacial score (nSPS) is 10.9. The van der Waals surface area contributed by atoms with E-state index in [1.165, 1.54) is 5.56 Å². The van der Waals surface area contributed by atoms with E-state index in [-0.39, 0.29) is 5.91 Å². The van der Waals surface area contributed by atoms with Gasteiger partial charge in [-0.15, -0.1) is 0 Å². The molecular weight excluding hydrogens is 272 g/mol. The molecule has 0 aliphatic carbocycles. The maximum atomic E-state index is 12.6. The first kappa shape index (κ1) is 14.4. The average molecular weight is 292 g/mol. The van der Waals surface area contributed by atoms with Crippen LogP contribution in [0, 0.1) is 13.8 Å². The van der Waals surface area contributed by atoms with Gasteiger partial charge in [0.25, 0.3) is 5.91 Å². The third-order valence-corrected chi connectivity index (χ3v) is 4.15. The second kappa shape index (κ2) is 5.68. The lowest BCUT2D eigenvalue weighted by Crippen LogP contribution is -2.25. The third-order valence-electron chi connectivity index (χ3n) is 4.15. The lowest BCUT2D eigenvalue weighted by atomic mass is 10.1. The molecule has 1 heterocycles. The predicted molar refractivity (Wildman–Crippen MR) is 90.0 cm³/mol. The van der Waals surface area contributed by atoms with Crippen LogP contribution in [0.15, 0.2) is 48.5 Å². The fourth-order valence-corrected chi connectivity index (χ4v) is 2.88. The number of nitrogens with zero attached hydrogens (tertiary/aromatic N) is 1. The standard InChI is InChI=1S/C19H20N2O/c1-13-8-10-15(11-9-13)12-20-19(22)18-14(2)16-6-4-5-7-17(16)21(18)3/h4-11H,12H2,1-3H3,(H,20,22). The van der Waals surface area contributed by atoms with Crippen molar-refractivity contribution in [1.29, 1.82) is 0 Å². The summed E-state index contributed by atoms with van der Waals surface area (Å²) in [5, 5.41) is 4.15. The number of fused-ring (bicyclic) bond motifs is 1. The number of amides is 1. The second-order valence-electron chi connectivity index (χ2n) is 5.72. The highest BCUT2D eigenvalue weighted by molar-refractivity contribution is 6.01. The smallest absolute Gasteiger partial charge is 0.268 e. The molecule has 0 unspecified atom stereocenters. The molecule has 0 aliphatic rings. The van der Waals surface area contributed by atoms with E-state index in [1.807, 2.05) is 48.9 Å². The minimum absolute atomic E-state index is 0.0308. The molecule has 0 atom stereocenters. The van der Waals surface area contributed by atoms with Crippen LogP contribution in [0.2, 0.25) is 0 Å². The van der Waals surface area contributed by atoms with Crippen LogP contribution in [-0.4, -0.2) is 10.5 Å². The molecule has 2 aromatic carbocycles. The number of benzene rings is 2. The van der Waals surface area contributed by atoms with Gasteiger partial charge < -0.3 is 9.88 Å². The Bertz CT molecular complexity index is 790. The number of aryl methyl sites for hydroxylation is 3. The zero-order valence-corrected chi connectivity index (χ0v) is 13.2. The molecule has 3 rings (SSSR count). The van der Waals surface area contributed by atoms with Gasteiger partial charge in [-0.05, 0) is 31.0 Å². The Balaban J connectivity index is 1.85. The van der Waals surface area contributed by atoms with Gasteiger partial charge in [0.1, 0.15) is 5.69 Å². The Kier molecular flexibility index (Phi) is 3.72. The molecule has 3 aromatic rings. The molecule has 0 spiro atoms. The first-order chi connectivity index (χ1) is 10.6. The lowest BCUT2D eigenvalue weighted by molar-refractivity contribution is 0.0942. The molecule has 0 aliphatic heterocycles. The van der Waals surface area contributed by atoms with Gasteiger partial charge in [0, 0.05) is 24.5 Å². The molecule has 112 valence electrons. The zero-order chi connectivity index (χ0) is 15.7. The summed E-state index contributed by atoms with van der Waals surface area (Å²) in [6, 6.07) is 16.3. The van der Waals surface area contributed by atoms with E-state index in [0.29, 0.717) is 6.54 Å². The van der Waals surface area contributed by atoms with E-state index in [9.17, 15) is 4.79 Å². The highest BCUT2D eigenvalue weighted by Crippen LogP contribution is 2.24. The summed E-state index contributed by atoms with van der Waals surface area (Å²) in [4.78, 5) is 12.6. The van der Waals surface area contributed by atoms with Crippen LogP contribution in [0.4, 0.5) is 0 Å². The van der Waals surface area contributed by atoms with Crippen molar-refractivity contribution in [2.45, 2.75) is 20.4 Å². The van der Waals surface area contributed by atoms with E-state index in [0.717, 1.165) is 27.7 Å². The Hall–Kier alpha value is -2.55. The van der Waals surface area contributed by atoms with Gasteiger partial charge in [0.2, 0.25) is 0 Å². The van der Waals surface area contributed by atoms with Gasteiger partial charge >= 0.3 is 0 Å². The maximum Gasteiger partial charge on any atom is 0.268 e. The number of rotatable bonds is 3. The van der Waals surface area contributed by atoms with E-state index >= 15 is 0 Å². The minimum Gasteiger partial charge on any atom is -0.347 e. The summed E-state index contributed by atoms with van der Waals surface area (Å²) < 4.78 is 1.97. The van der Waals surface area contributed by atoms with Gasteiger partial charge in [-0.3, -0.25) is 4.79 Å². The Morgan fingerprint density at radius 1 is 1.05 bits per heavy atom. The quantitative estimate of drug-likeness (QED) is 0.784. The molecule has 0 radical (unpaired) electrons. The summed E-state index contributed by atoms with van der Waals surface area (Å²) in [6.45, 7) is 4.60. The first-order valence-electron chi connectivity index (χ1n) is 7.45. The molecule has 3 heteroatoms. The number of nitrogens with one attached hydrogen (secondary N) is 1. The Morgan fingerprint density at radius 2 is 1.73 bits per heavy atom. The maximum absolute atomic E-state index is 12.6. The summed E-state index contributed by atoms with van der Waals surface area (Å²) in [6.07, 6.45) is 0. The number of hydrogen-bond donors (Lipinski definition) is 1. The second-order valence-corrected chi connectivity index (χ2v) is 5.72. The summed E-state index contributed by atoms with van der Waals surface area (Å²) in [7, 11) is 1.94. The first-order valence-corrected chi connectivity index (χ1v) is 7.45. The van der Waals surface area contributed by atoms with Crippen LogP contribution in [0.3, 0.4) is 0 Å². The van der Waals surface area contributed by atoms with Crippen molar-refractivity contribution >= 4 is 16.8 Å². The highest BCUT2D eigenvalue weighted by Gasteiger charge is 2.17. The van der Waals surface area contributed by atoms with E-state index in [2.05, 4.69) is 30.4 Å². The van der Waals surface area contributed by atoms with Gasteiger partial charge in [-0.2, -0.15) is 0 Å². The third kappa shape index (κ3) is 2.50. The van der Waals surface area contributed by atoms with Crippen LogP contribution in [0.1, 0.15) is 27.2 Å². The van der Waals surface area contributed by atoms with Crippen LogP contribution >= 0.6 is 0 Å².